The highest BCUT2D eigenvalue weighted by atomic mass is 31.2. The van der Waals surface area contributed by atoms with E-state index in [1.165, 1.54) is 0 Å². The van der Waals surface area contributed by atoms with Gasteiger partial charge in [-0.1, -0.05) is 12.1 Å². The van der Waals surface area contributed by atoms with Crippen LogP contribution in [0.15, 0.2) is 60.8 Å². The summed E-state index contributed by atoms with van der Waals surface area (Å²) in [5.74, 6) is 0.900. The summed E-state index contributed by atoms with van der Waals surface area (Å²) in [5.41, 5.74) is 5.75. The van der Waals surface area contributed by atoms with Crippen molar-refractivity contribution < 1.29 is 9.30 Å². The van der Waals surface area contributed by atoms with Gasteiger partial charge in [-0.05, 0) is 87.3 Å². The molecule has 1 aliphatic rings. The number of aromatic amines is 1. The molecule has 7 heteroatoms. The summed E-state index contributed by atoms with van der Waals surface area (Å²) >= 11 is 0. The average Bonchev–Trinajstić information content (AvgIpc) is 3.42. The van der Waals surface area contributed by atoms with Crippen molar-refractivity contribution in [1.82, 2.24) is 14.9 Å². The summed E-state index contributed by atoms with van der Waals surface area (Å²) in [5, 5.41) is 5.40. The largest absolute Gasteiger partial charge is 0.489 e. The van der Waals surface area contributed by atoms with Gasteiger partial charge in [0.2, 0.25) is 0 Å². The van der Waals surface area contributed by atoms with Crippen molar-refractivity contribution in [2.24, 2.45) is 0 Å². The van der Waals surface area contributed by atoms with Gasteiger partial charge in [-0.3, -0.25) is 0 Å². The summed E-state index contributed by atoms with van der Waals surface area (Å²) < 4.78 is 19.0. The molecular formula is C27H31N4O2P. The number of likely N-dealkylation sites (tertiary alicyclic amines) is 1. The topological polar surface area (TPSA) is 70.2 Å². The fourth-order valence-corrected chi connectivity index (χ4v) is 5.73. The van der Waals surface area contributed by atoms with Crippen LogP contribution >= 0.6 is 7.14 Å². The third-order valence-corrected chi connectivity index (χ3v) is 7.96. The summed E-state index contributed by atoms with van der Waals surface area (Å²) in [7, 11) is -0.303. The number of aromatic nitrogens is 2. The Balaban J connectivity index is 1.45. The molecule has 6 nitrogen and oxygen atoms in total. The number of hydrogen-bond donors (Lipinski definition) is 2. The van der Waals surface area contributed by atoms with E-state index < -0.39 is 7.14 Å². The van der Waals surface area contributed by atoms with Crippen LogP contribution < -0.4 is 15.4 Å². The Hall–Kier alpha value is -3.08. The Kier molecular flexibility index (Phi) is 5.97. The molecule has 2 aromatic heterocycles. The van der Waals surface area contributed by atoms with Crippen molar-refractivity contribution in [3.8, 4) is 17.0 Å². The lowest BCUT2D eigenvalue weighted by Crippen LogP contribution is -2.21. The molecule has 176 valence electrons. The number of para-hydroxylation sites is 1. The molecule has 4 aromatic rings. The van der Waals surface area contributed by atoms with Gasteiger partial charge in [0.15, 0.2) is 0 Å². The molecule has 0 amide bonds. The van der Waals surface area contributed by atoms with E-state index in [1.54, 1.807) is 13.3 Å². The predicted molar refractivity (Wildman–Crippen MR) is 142 cm³/mol. The second-order valence-corrected chi connectivity index (χ2v) is 12.8. The number of fused-ring (bicyclic) bond motifs is 1. The number of anilines is 2. The monoisotopic (exact) mass is 474 g/mol. The van der Waals surface area contributed by atoms with Crippen LogP contribution in [0.1, 0.15) is 12.0 Å². The van der Waals surface area contributed by atoms with Crippen molar-refractivity contribution >= 4 is 34.9 Å². The number of hydrogen-bond acceptors (Lipinski definition) is 5. The van der Waals surface area contributed by atoms with Crippen molar-refractivity contribution in [2.45, 2.75) is 19.4 Å². The van der Waals surface area contributed by atoms with Gasteiger partial charge < -0.3 is 24.5 Å². The number of ether oxygens (including phenoxy) is 1. The van der Waals surface area contributed by atoms with Gasteiger partial charge in [-0.15, -0.1) is 0 Å². The van der Waals surface area contributed by atoms with Crippen molar-refractivity contribution in [3.05, 3.63) is 66.4 Å². The smallest absolute Gasteiger partial charge is 0.139 e. The number of benzene rings is 2. The van der Waals surface area contributed by atoms with Crippen LogP contribution in [0.4, 0.5) is 11.4 Å². The fourth-order valence-electron chi connectivity index (χ4n) is 4.58. The normalized spacial score (nSPS) is 16.8. The highest BCUT2D eigenvalue weighted by Gasteiger charge is 2.21. The van der Waals surface area contributed by atoms with E-state index in [2.05, 4.69) is 45.4 Å². The first kappa shape index (κ1) is 22.7. The van der Waals surface area contributed by atoms with Crippen LogP contribution in [-0.2, 0) is 4.57 Å². The van der Waals surface area contributed by atoms with Gasteiger partial charge in [0.25, 0.3) is 0 Å². The number of H-pyrrole nitrogens is 1. The molecule has 0 spiro atoms. The summed E-state index contributed by atoms with van der Waals surface area (Å²) in [6.45, 7) is 7.69. The minimum atomic E-state index is -2.43. The minimum absolute atomic E-state index is 0.258. The van der Waals surface area contributed by atoms with Gasteiger partial charge in [0.05, 0.1) is 5.69 Å². The van der Waals surface area contributed by atoms with E-state index in [-0.39, 0.29) is 6.10 Å². The van der Waals surface area contributed by atoms with E-state index in [9.17, 15) is 4.57 Å². The van der Waals surface area contributed by atoms with Gasteiger partial charge in [0, 0.05) is 41.4 Å². The summed E-state index contributed by atoms with van der Waals surface area (Å²) in [6, 6.07) is 18.2. The van der Waals surface area contributed by atoms with Crippen molar-refractivity contribution in [3.63, 3.8) is 0 Å². The zero-order valence-corrected chi connectivity index (χ0v) is 21.0. The highest BCUT2D eigenvalue weighted by Crippen LogP contribution is 2.39. The molecule has 2 aromatic carbocycles. The standard InChI is InChI=1S/C27H31N4O2P/c1-18-16-28-27-22(26(18)29-23-7-5-6-8-25(23)34(3,4)32)15-24(30-27)19-9-11-20(12-10-19)33-21-13-14-31(2)17-21/h5-12,15-16,21H,13-14,17H2,1-4H3,(H2,28,29,30). The lowest BCUT2D eigenvalue weighted by atomic mass is 10.1. The van der Waals surface area contributed by atoms with Gasteiger partial charge >= 0.3 is 0 Å². The predicted octanol–water partition coefficient (Wildman–Crippen LogP) is 5.61. The van der Waals surface area contributed by atoms with Crippen LogP contribution in [0.5, 0.6) is 5.75 Å². The molecule has 0 aliphatic carbocycles. The number of aryl methyl sites for hydroxylation is 1. The molecule has 0 radical (unpaired) electrons. The second kappa shape index (κ2) is 8.94. The summed E-state index contributed by atoms with van der Waals surface area (Å²) in [6.07, 6.45) is 3.19. The Morgan fingerprint density at radius 3 is 2.62 bits per heavy atom. The van der Waals surface area contributed by atoms with Crippen LogP contribution in [0, 0.1) is 6.92 Å². The third-order valence-electron chi connectivity index (χ3n) is 6.41. The molecule has 34 heavy (non-hydrogen) atoms. The first-order chi connectivity index (χ1) is 16.3. The van der Waals surface area contributed by atoms with E-state index in [4.69, 9.17) is 4.74 Å². The molecule has 1 fully saturated rings. The molecule has 0 saturated carbocycles. The molecule has 0 bridgehead atoms. The molecule has 1 aliphatic heterocycles. The number of likely N-dealkylation sites (N-methyl/N-ethyl adjacent to an activating group) is 1. The van der Waals surface area contributed by atoms with Crippen LogP contribution in [-0.4, -0.2) is 54.4 Å². The van der Waals surface area contributed by atoms with E-state index in [0.717, 1.165) is 69.8 Å². The van der Waals surface area contributed by atoms with Crippen molar-refractivity contribution in [2.75, 3.05) is 38.8 Å². The maximum absolute atomic E-state index is 12.8. The third kappa shape index (κ3) is 4.61. The lowest BCUT2D eigenvalue weighted by Gasteiger charge is -2.16. The SMILES string of the molecule is Cc1cnc2[nH]c(-c3ccc(OC4CCN(C)C4)cc3)cc2c1Nc1ccccc1P(C)(C)=O. The Morgan fingerprint density at radius 2 is 1.91 bits per heavy atom. The molecule has 5 rings (SSSR count). The molecule has 1 atom stereocenters. The zero-order chi connectivity index (χ0) is 23.9. The van der Waals surface area contributed by atoms with E-state index >= 15 is 0 Å². The van der Waals surface area contributed by atoms with Crippen LogP contribution in [0.25, 0.3) is 22.3 Å². The minimum Gasteiger partial charge on any atom is -0.489 e. The van der Waals surface area contributed by atoms with Crippen molar-refractivity contribution in [1.29, 1.82) is 0 Å². The average molecular weight is 475 g/mol. The van der Waals surface area contributed by atoms with Gasteiger partial charge in [-0.2, -0.15) is 0 Å². The molecule has 1 unspecified atom stereocenters. The van der Waals surface area contributed by atoms with Gasteiger partial charge in [0.1, 0.15) is 24.6 Å². The Morgan fingerprint density at radius 1 is 1.15 bits per heavy atom. The Bertz CT molecular complexity index is 1370. The maximum atomic E-state index is 12.8. The number of nitrogens with zero attached hydrogens (tertiary/aromatic N) is 2. The number of pyridine rings is 1. The van der Waals surface area contributed by atoms with Crippen LogP contribution in [0.2, 0.25) is 0 Å². The highest BCUT2D eigenvalue weighted by molar-refractivity contribution is 7.70. The number of nitrogens with one attached hydrogen (secondary N) is 2. The van der Waals surface area contributed by atoms with E-state index in [1.807, 2.05) is 49.5 Å². The fraction of sp³-hybridized carbons (Fsp3) is 0.296. The molecule has 2 N–H and O–H groups in total. The first-order valence-electron chi connectivity index (χ1n) is 11.6. The quantitative estimate of drug-likeness (QED) is 0.355. The lowest BCUT2D eigenvalue weighted by molar-refractivity contribution is 0.208. The zero-order valence-electron chi connectivity index (χ0n) is 20.1. The van der Waals surface area contributed by atoms with E-state index in [0.29, 0.717) is 0 Å². The molecule has 3 heterocycles. The molecule has 1 saturated heterocycles. The Labute approximate surface area is 200 Å². The summed E-state index contributed by atoms with van der Waals surface area (Å²) in [4.78, 5) is 10.4. The van der Waals surface area contributed by atoms with Gasteiger partial charge in [-0.25, -0.2) is 4.98 Å². The second-order valence-electron chi connectivity index (χ2n) is 9.57. The number of rotatable bonds is 6. The molecular weight excluding hydrogens is 443 g/mol. The maximum Gasteiger partial charge on any atom is 0.139 e. The first-order valence-corrected chi connectivity index (χ1v) is 14.2. The van der Waals surface area contributed by atoms with Crippen LogP contribution in [0.3, 0.4) is 0 Å².